The highest BCUT2D eigenvalue weighted by Crippen LogP contribution is 2.36. The van der Waals surface area contributed by atoms with Gasteiger partial charge in [0.2, 0.25) is 5.91 Å². The number of benzene rings is 1. The molecule has 0 saturated carbocycles. The Balaban J connectivity index is 1.90. The van der Waals surface area contributed by atoms with Crippen LogP contribution in [0.2, 0.25) is 0 Å². The third-order valence-corrected chi connectivity index (χ3v) is 4.39. The fraction of sp³-hybridized carbons (Fsp3) is 0.579. The molecule has 132 valence electrons. The van der Waals surface area contributed by atoms with E-state index in [-0.39, 0.29) is 30.3 Å². The predicted molar refractivity (Wildman–Crippen MR) is 91.1 cm³/mol. The van der Waals surface area contributed by atoms with Gasteiger partial charge in [-0.15, -0.1) is 0 Å². The van der Waals surface area contributed by atoms with Gasteiger partial charge in [0.05, 0.1) is 25.7 Å². The van der Waals surface area contributed by atoms with E-state index < -0.39 is 5.41 Å². The summed E-state index contributed by atoms with van der Waals surface area (Å²) >= 11 is 0. The summed E-state index contributed by atoms with van der Waals surface area (Å²) in [5.74, 6) is -0.366. The number of fused-ring (bicyclic) bond motifs is 1. The number of methoxy groups -OCH3 is 1. The number of hydrogen-bond acceptors (Lipinski definition) is 4. The zero-order chi connectivity index (χ0) is 18.0. The van der Waals surface area contributed by atoms with Gasteiger partial charge in [0.25, 0.3) is 0 Å². The summed E-state index contributed by atoms with van der Waals surface area (Å²) in [6.07, 6.45) is 0.505. The Kier molecular flexibility index (Phi) is 5.33. The van der Waals surface area contributed by atoms with Crippen LogP contribution in [-0.2, 0) is 37.8 Å². The third-order valence-electron chi connectivity index (χ3n) is 4.39. The van der Waals surface area contributed by atoms with Crippen LogP contribution in [0.25, 0.3) is 0 Å². The van der Waals surface area contributed by atoms with Crippen molar-refractivity contribution in [3.05, 3.63) is 34.9 Å². The van der Waals surface area contributed by atoms with Gasteiger partial charge in [-0.3, -0.25) is 9.59 Å². The number of amides is 1. The summed E-state index contributed by atoms with van der Waals surface area (Å²) in [5, 5.41) is 2.93. The maximum Gasteiger partial charge on any atom is 0.306 e. The third kappa shape index (κ3) is 4.57. The highest BCUT2D eigenvalue weighted by atomic mass is 16.5. The minimum atomic E-state index is -0.424. The molecule has 1 aliphatic rings. The summed E-state index contributed by atoms with van der Waals surface area (Å²) in [4.78, 5) is 23.5. The number of esters is 1. The van der Waals surface area contributed by atoms with Crippen LogP contribution in [0.15, 0.2) is 18.2 Å². The first-order chi connectivity index (χ1) is 11.1. The van der Waals surface area contributed by atoms with E-state index in [2.05, 4.69) is 36.0 Å². The van der Waals surface area contributed by atoms with Crippen LogP contribution in [0.4, 0.5) is 0 Å². The molecule has 5 heteroatoms. The molecule has 1 aromatic rings. The maximum absolute atomic E-state index is 12.2. The second-order valence-electron chi connectivity index (χ2n) is 7.66. The zero-order valence-electron chi connectivity index (χ0n) is 15.2. The summed E-state index contributed by atoms with van der Waals surface area (Å²) in [7, 11) is 1.36. The lowest BCUT2D eigenvalue weighted by molar-refractivity contribution is -0.143. The first kappa shape index (κ1) is 18.5. The SMILES string of the molecule is COC(=O)CC(C)(C)CC(=O)NCc1ccc2c(c1)COC2(C)C. The Morgan fingerprint density at radius 2 is 2.00 bits per heavy atom. The number of carbonyl (C=O) groups excluding carboxylic acids is 2. The number of hydrogen-bond donors (Lipinski definition) is 1. The molecule has 0 aliphatic carbocycles. The van der Waals surface area contributed by atoms with Gasteiger partial charge in [0.15, 0.2) is 0 Å². The van der Waals surface area contributed by atoms with Gasteiger partial charge in [-0.1, -0.05) is 32.0 Å². The van der Waals surface area contributed by atoms with Crippen molar-refractivity contribution in [1.82, 2.24) is 5.32 Å². The molecular formula is C19H27NO4. The van der Waals surface area contributed by atoms with Gasteiger partial charge in [-0.25, -0.2) is 0 Å². The smallest absolute Gasteiger partial charge is 0.306 e. The van der Waals surface area contributed by atoms with Crippen LogP contribution in [0.3, 0.4) is 0 Å². The zero-order valence-corrected chi connectivity index (χ0v) is 15.2. The van der Waals surface area contributed by atoms with Crippen LogP contribution in [0.1, 0.15) is 57.2 Å². The lowest BCUT2D eigenvalue weighted by Crippen LogP contribution is -2.30. The molecular weight excluding hydrogens is 306 g/mol. The summed E-state index contributed by atoms with van der Waals surface area (Å²) in [6.45, 7) is 8.97. The van der Waals surface area contributed by atoms with Crippen molar-refractivity contribution in [3.63, 3.8) is 0 Å². The van der Waals surface area contributed by atoms with Crippen LogP contribution in [0.5, 0.6) is 0 Å². The van der Waals surface area contributed by atoms with Crippen LogP contribution in [-0.4, -0.2) is 19.0 Å². The first-order valence-electron chi connectivity index (χ1n) is 8.23. The summed E-state index contributed by atoms with van der Waals surface area (Å²) in [5.41, 5.74) is 2.77. The van der Waals surface area contributed by atoms with Gasteiger partial charge < -0.3 is 14.8 Å². The van der Waals surface area contributed by atoms with Gasteiger partial charge in [0.1, 0.15) is 0 Å². The van der Waals surface area contributed by atoms with Crippen molar-refractivity contribution in [2.45, 2.75) is 59.3 Å². The molecule has 0 saturated heterocycles. The summed E-state index contributed by atoms with van der Waals surface area (Å²) in [6, 6.07) is 6.18. The molecule has 24 heavy (non-hydrogen) atoms. The maximum atomic E-state index is 12.2. The van der Waals surface area contributed by atoms with Crippen molar-refractivity contribution in [3.8, 4) is 0 Å². The number of ether oxygens (including phenoxy) is 2. The van der Waals surface area contributed by atoms with Crippen LogP contribution in [0, 0.1) is 5.41 Å². The van der Waals surface area contributed by atoms with E-state index in [4.69, 9.17) is 4.74 Å². The Bertz CT molecular complexity index is 634. The lowest BCUT2D eigenvalue weighted by atomic mass is 9.85. The Morgan fingerprint density at radius 1 is 1.29 bits per heavy atom. The quantitative estimate of drug-likeness (QED) is 0.813. The molecule has 1 aliphatic heterocycles. The van der Waals surface area contributed by atoms with E-state index in [9.17, 15) is 9.59 Å². The van der Waals surface area contributed by atoms with Crippen molar-refractivity contribution in [2.75, 3.05) is 7.11 Å². The molecule has 1 aromatic carbocycles. The van der Waals surface area contributed by atoms with E-state index in [0.29, 0.717) is 13.2 Å². The number of carbonyl (C=O) groups is 2. The number of nitrogens with one attached hydrogen (secondary N) is 1. The van der Waals surface area contributed by atoms with E-state index in [0.717, 1.165) is 5.56 Å². The molecule has 0 spiro atoms. The van der Waals surface area contributed by atoms with Gasteiger partial charge in [-0.05, 0) is 36.0 Å². The molecule has 0 radical (unpaired) electrons. The fourth-order valence-electron chi connectivity index (χ4n) is 3.02. The van der Waals surface area contributed by atoms with E-state index in [1.165, 1.54) is 18.2 Å². The van der Waals surface area contributed by atoms with Crippen LogP contribution < -0.4 is 5.32 Å². The van der Waals surface area contributed by atoms with Crippen molar-refractivity contribution >= 4 is 11.9 Å². The molecule has 2 rings (SSSR count). The predicted octanol–water partition coefficient (Wildman–Crippen LogP) is 3.05. The van der Waals surface area contributed by atoms with Gasteiger partial charge in [0, 0.05) is 13.0 Å². The first-order valence-corrected chi connectivity index (χ1v) is 8.23. The van der Waals surface area contributed by atoms with Crippen molar-refractivity contribution in [1.29, 1.82) is 0 Å². The highest BCUT2D eigenvalue weighted by Gasteiger charge is 2.30. The topological polar surface area (TPSA) is 64.6 Å². The fourth-order valence-corrected chi connectivity index (χ4v) is 3.02. The van der Waals surface area contributed by atoms with Gasteiger partial charge in [-0.2, -0.15) is 0 Å². The second-order valence-corrected chi connectivity index (χ2v) is 7.66. The average molecular weight is 333 g/mol. The molecule has 1 N–H and O–H groups in total. The minimum Gasteiger partial charge on any atom is -0.469 e. The second kappa shape index (κ2) is 6.93. The normalized spacial score (nSPS) is 15.7. The molecule has 0 unspecified atom stereocenters. The molecule has 0 aromatic heterocycles. The van der Waals surface area contributed by atoms with Crippen molar-refractivity contribution in [2.24, 2.45) is 5.41 Å². The molecule has 0 fully saturated rings. The Morgan fingerprint density at radius 3 is 2.67 bits per heavy atom. The minimum absolute atomic E-state index is 0.0685. The molecule has 5 nitrogen and oxygen atoms in total. The van der Waals surface area contributed by atoms with E-state index in [1.807, 2.05) is 19.9 Å². The van der Waals surface area contributed by atoms with Crippen LogP contribution >= 0.6 is 0 Å². The molecule has 0 bridgehead atoms. The van der Waals surface area contributed by atoms with Gasteiger partial charge >= 0.3 is 5.97 Å². The Labute approximate surface area is 143 Å². The Hall–Kier alpha value is -1.88. The monoisotopic (exact) mass is 333 g/mol. The summed E-state index contributed by atoms with van der Waals surface area (Å²) < 4.78 is 10.4. The molecule has 1 heterocycles. The average Bonchev–Trinajstić information content (AvgIpc) is 2.79. The standard InChI is InChI=1S/C19H27NO4/c1-18(2,10-17(22)23-5)9-16(21)20-11-13-6-7-15-14(8-13)12-24-19(15,3)4/h6-8H,9-12H2,1-5H3,(H,20,21). The van der Waals surface area contributed by atoms with Crippen molar-refractivity contribution < 1.29 is 19.1 Å². The lowest BCUT2D eigenvalue weighted by Gasteiger charge is -2.22. The van der Waals surface area contributed by atoms with E-state index >= 15 is 0 Å². The molecule has 1 amide bonds. The molecule has 0 atom stereocenters. The highest BCUT2D eigenvalue weighted by molar-refractivity contribution is 5.78. The van der Waals surface area contributed by atoms with E-state index in [1.54, 1.807) is 0 Å². The largest absolute Gasteiger partial charge is 0.469 e. The number of rotatable bonds is 6.